The number of carbonyl (C=O) groups excluding carboxylic acids is 1. The van der Waals surface area contributed by atoms with Crippen molar-refractivity contribution in [3.05, 3.63) is 56.1 Å². The maximum Gasteiger partial charge on any atom is 0.404 e. The van der Waals surface area contributed by atoms with Crippen molar-refractivity contribution in [3.63, 3.8) is 0 Å². The number of amides is 1. The maximum atomic E-state index is 11.1. The van der Waals surface area contributed by atoms with Crippen LogP contribution in [0.4, 0.5) is 4.79 Å². The fourth-order valence-electron chi connectivity index (χ4n) is 2.83. The predicted molar refractivity (Wildman–Crippen MR) is 111 cm³/mol. The van der Waals surface area contributed by atoms with Crippen molar-refractivity contribution in [2.24, 2.45) is 5.73 Å². The fourth-order valence-corrected chi connectivity index (χ4v) is 3.29. The number of ether oxygens (including phenoxy) is 2. The molecule has 0 radical (unpaired) electrons. The summed E-state index contributed by atoms with van der Waals surface area (Å²) >= 11 is 9.81. The average Bonchev–Trinajstić information content (AvgIpc) is 2.56. The van der Waals surface area contributed by atoms with Crippen LogP contribution in [0.5, 0.6) is 5.88 Å². The highest BCUT2D eigenvalue weighted by molar-refractivity contribution is 9.10. The van der Waals surface area contributed by atoms with Crippen LogP contribution in [0.25, 0.3) is 0 Å². The van der Waals surface area contributed by atoms with Crippen LogP contribution in [0, 0.1) is 6.92 Å². The smallest absolute Gasteiger partial charge is 0.404 e. The lowest BCUT2D eigenvalue weighted by atomic mass is 9.94. The number of carbonyl (C=O) groups is 1. The Bertz CT molecular complexity index is 810. The molecule has 5 nitrogen and oxygen atoms in total. The summed E-state index contributed by atoms with van der Waals surface area (Å²) in [5.41, 5.74) is 9.01. The number of pyridine rings is 1. The van der Waals surface area contributed by atoms with Crippen LogP contribution in [-0.4, -0.2) is 23.3 Å². The summed E-state index contributed by atoms with van der Waals surface area (Å²) in [5, 5.41) is 0.381. The molecule has 1 unspecified atom stereocenters. The highest BCUT2D eigenvalue weighted by atomic mass is 79.9. The Balaban J connectivity index is 2.51. The van der Waals surface area contributed by atoms with E-state index in [2.05, 4.69) is 20.9 Å². The van der Waals surface area contributed by atoms with Gasteiger partial charge in [-0.1, -0.05) is 39.7 Å². The first-order chi connectivity index (χ1) is 12.7. The lowest BCUT2D eigenvalue weighted by molar-refractivity contribution is 0.116. The molecule has 1 aromatic heterocycles. The molecule has 2 aromatic rings. The first-order valence-electron chi connectivity index (χ1n) is 8.72. The second-order valence-electron chi connectivity index (χ2n) is 6.71. The van der Waals surface area contributed by atoms with E-state index >= 15 is 0 Å². The minimum atomic E-state index is -0.798. The molecule has 27 heavy (non-hydrogen) atoms. The first-order valence-corrected chi connectivity index (χ1v) is 9.89. The summed E-state index contributed by atoms with van der Waals surface area (Å²) in [6.45, 7) is 7.59. The summed E-state index contributed by atoms with van der Waals surface area (Å²) in [6, 6.07) is 8.07. The van der Waals surface area contributed by atoms with Gasteiger partial charge in [0.1, 0.15) is 11.3 Å². The highest BCUT2D eigenvalue weighted by Crippen LogP contribution is 2.32. The van der Waals surface area contributed by atoms with E-state index in [0.717, 1.165) is 26.7 Å². The molecular formula is C20H24BrClN2O3. The number of halogens is 2. The number of aromatic nitrogens is 1. The SMILES string of the molecule is Cc1c(Cl)nc(OC(C)C)c(Cc2ccc(Br)cc2)c1CC(C)OC(N)=O. The topological polar surface area (TPSA) is 74.4 Å². The molecule has 0 saturated carbocycles. The minimum Gasteiger partial charge on any atom is -0.475 e. The van der Waals surface area contributed by atoms with E-state index in [1.54, 1.807) is 6.92 Å². The van der Waals surface area contributed by atoms with E-state index in [0.29, 0.717) is 23.9 Å². The summed E-state index contributed by atoms with van der Waals surface area (Å²) in [5.74, 6) is 0.504. The van der Waals surface area contributed by atoms with Crippen molar-refractivity contribution >= 4 is 33.6 Å². The molecule has 0 aliphatic rings. The zero-order valence-electron chi connectivity index (χ0n) is 15.9. The van der Waals surface area contributed by atoms with E-state index in [-0.39, 0.29) is 6.10 Å². The summed E-state index contributed by atoms with van der Waals surface area (Å²) in [7, 11) is 0. The molecule has 0 aliphatic carbocycles. The van der Waals surface area contributed by atoms with Crippen LogP contribution in [0.1, 0.15) is 43.0 Å². The van der Waals surface area contributed by atoms with Gasteiger partial charge in [0.2, 0.25) is 5.88 Å². The van der Waals surface area contributed by atoms with E-state index < -0.39 is 12.2 Å². The molecule has 0 bridgehead atoms. The minimum absolute atomic E-state index is 0.0490. The molecule has 1 heterocycles. The fraction of sp³-hybridized carbons (Fsp3) is 0.400. The molecule has 1 aromatic carbocycles. The predicted octanol–water partition coefficient (Wildman–Crippen LogP) is 5.21. The number of rotatable bonds is 7. The number of nitrogens with zero attached hydrogens (tertiary/aromatic N) is 1. The van der Waals surface area contributed by atoms with E-state index in [9.17, 15) is 4.79 Å². The van der Waals surface area contributed by atoms with E-state index in [1.807, 2.05) is 45.0 Å². The van der Waals surface area contributed by atoms with Crippen LogP contribution in [-0.2, 0) is 17.6 Å². The Morgan fingerprint density at radius 2 is 1.85 bits per heavy atom. The number of hydrogen-bond donors (Lipinski definition) is 1. The van der Waals surface area contributed by atoms with Gasteiger partial charge in [-0.2, -0.15) is 0 Å². The quantitative estimate of drug-likeness (QED) is 0.582. The van der Waals surface area contributed by atoms with Gasteiger partial charge >= 0.3 is 6.09 Å². The van der Waals surface area contributed by atoms with Gasteiger partial charge in [0.25, 0.3) is 0 Å². The molecule has 146 valence electrons. The lowest BCUT2D eigenvalue weighted by Gasteiger charge is -2.21. The van der Waals surface area contributed by atoms with Crippen LogP contribution >= 0.6 is 27.5 Å². The Labute approximate surface area is 173 Å². The second kappa shape index (κ2) is 9.42. The lowest BCUT2D eigenvalue weighted by Crippen LogP contribution is -2.23. The summed E-state index contributed by atoms with van der Waals surface area (Å²) in [4.78, 5) is 15.6. The van der Waals surface area contributed by atoms with E-state index in [1.165, 1.54) is 0 Å². The second-order valence-corrected chi connectivity index (χ2v) is 7.99. The molecular weight excluding hydrogens is 432 g/mol. The van der Waals surface area contributed by atoms with Crippen LogP contribution in [0.3, 0.4) is 0 Å². The van der Waals surface area contributed by atoms with Gasteiger partial charge in [-0.3, -0.25) is 0 Å². The van der Waals surface area contributed by atoms with Crippen LogP contribution < -0.4 is 10.5 Å². The van der Waals surface area contributed by atoms with Gasteiger partial charge in [-0.05, 0) is 56.5 Å². The molecule has 0 spiro atoms. The third-order valence-corrected chi connectivity index (χ3v) is 4.93. The zero-order valence-corrected chi connectivity index (χ0v) is 18.2. The van der Waals surface area contributed by atoms with Gasteiger partial charge in [0.15, 0.2) is 0 Å². The summed E-state index contributed by atoms with van der Waals surface area (Å²) < 4.78 is 12.1. The first kappa shape index (κ1) is 21.5. The molecule has 2 rings (SSSR count). The molecule has 2 N–H and O–H groups in total. The van der Waals surface area contributed by atoms with Gasteiger partial charge in [-0.15, -0.1) is 0 Å². The van der Waals surface area contributed by atoms with Crippen molar-refractivity contribution in [1.29, 1.82) is 0 Å². The van der Waals surface area contributed by atoms with Gasteiger partial charge in [0, 0.05) is 22.9 Å². The zero-order chi connectivity index (χ0) is 20.1. The molecule has 7 heteroatoms. The number of hydrogen-bond acceptors (Lipinski definition) is 4. The molecule has 0 saturated heterocycles. The normalized spacial score (nSPS) is 12.1. The van der Waals surface area contributed by atoms with Crippen molar-refractivity contribution in [2.75, 3.05) is 0 Å². The maximum absolute atomic E-state index is 11.1. The van der Waals surface area contributed by atoms with Crippen molar-refractivity contribution < 1.29 is 14.3 Å². The molecule has 0 fully saturated rings. The van der Waals surface area contributed by atoms with Gasteiger partial charge in [-0.25, -0.2) is 9.78 Å². The Morgan fingerprint density at radius 1 is 1.22 bits per heavy atom. The third-order valence-electron chi connectivity index (χ3n) is 4.03. The monoisotopic (exact) mass is 454 g/mol. The molecule has 1 amide bonds. The van der Waals surface area contributed by atoms with Crippen LogP contribution in [0.15, 0.2) is 28.7 Å². The van der Waals surface area contributed by atoms with E-state index in [4.69, 9.17) is 26.8 Å². The Hall–Kier alpha value is -1.79. The third kappa shape index (κ3) is 6.11. The Morgan fingerprint density at radius 3 is 2.41 bits per heavy atom. The summed E-state index contributed by atoms with van der Waals surface area (Å²) in [6.07, 6.45) is -0.147. The number of primary amides is 1. The number of nitrogens with two attached hydrogens (primary N) is 1. The Kier molecular flexibility index (Phi) is 7.50. The molecule has 0 aliphatic heterocycles. The average molecular weight is 456 g/mol. The van der Waals surface area contributed by atoms with Crippen LogP contribution in [0.2, 0.25) is 5.15 Å². The number of benzene rings is 1. The van der Waals surface area contributed by atoms with Crippen molar-refractivity contribution in [2.45, 2.75) is 52.7 Å². The van der Waals surface area contributed by atoms with Crippen molar-refractivity contribution in [1.82, 2.24) is 4.98 Å². The molecule has 1 atom stereocenters. The van der Waals surface area contributed by atoms with Gasteiger partial charge in [0.05, 0.1) is 6.10 Å². The van der Waals surface area contributed by atoms with Gasteiger partial charge < -0.3 is 15.2 Å². The van der Waals surface area contributed by atoms with Crippen molar-refractivity contribution in [3.8, 4) is 5.88 Å². The standard InChI is InChI=1S/C20H24BrClN2O3/c1-11(2)26-19-17(10-14-5-7-15(21)8-6-14)16(13(4)18(22)24-19)9-12(3)27-20(23)25/h5-8,11-12H,9-10H2,1-4H3,(H2,23,25). The highest BCUT2D eigenvalue weighted by Gasteiger charge is 2.21. The largest absolute Gasteiger partial charge is 0.475 e.